The molecule has 0 fully saturated rings. The Hall–Kier alpha value is -0.980. The molecule has 0 atom stereocenters. The number of hydrogen-bond acceptors (Lipinski definition) is 1. The van der Waals surface area contributed by atoms with Crippen molar-refractivity contribution in [1.29, 1.82) is 0 Å². The third-order valence-corrected chi connectivity index (χ3v) is 2.97. The van der Waals surface area contributed by atoms with Crippen molar-refractivity contribution in [3.63, 3.8) is 0 Å². The van der Waals surface area contributed by atoms with Crippen molar-refractivity contribution in [3.8, 4) is 0 Å². The minimum atomic E-state index is 0.951. The molecule has 0 unspecified atom stereocenters. The van der Waals surface area contributed by atoms with Crippen LogP contribution in [-0.2, 0) is 6.42 Å². The zero-order valence-corrected chi connectivity index (χ0v) is 10.3. The fourth-order valence-electron chi connectivity index (χ4n) is 1.96. The highest BCUT2D eigenvalue weighted by Crippen LogP contribution is 2.20. The molecule has 0 aliphatic rings. The molecule has 15 heavy (non-hydrogen) atoms. The van der Waals surface area contributed by atoms with Gasteiger partial charge >= 0.3 is 0 Å². The van der Waals surface area contributed by atoms with Gasteiger partial charge in [0.1, 0.15) is 0 Å². The first kappa shape index (κ1) is 12.1. The summed E-state index contributed by atoms with van der Waals surface area (Å²) in [6, 6.07) is 4.46. The highest BCUT2D eigenvalue weighted by Gasteiger charge is 2.01. The minimum absolute atomic E-state index is 0.951. The molecule has 2 N–H and O–H groups in total. The van der Waals surface area contributed by atoms with E-state index in [1.165, 1.54) is 48.8 Å². The Balaban J connectivity index is 2.55. The van der Waals surface area contributed by atoms with E-state index in [0.29, 0.717) is 0 Å². The van der Waals surface area contributed by atoms with Crippen molar-refractivity contribution in [2.75, 3.05) is 5.73 Å². The molecule has 0 saturated heterocycles. The van der Waals surface area contributed by atoms with Gasteiger partial charge in [-0.2, -0.15) is 0 Å². The first-order valence-electron chi connectivity index (χ1n) is 6.00. The third-order valence-electron chi connectivity index (χ3n) is 2.97. The predicted molar refractivity (Wildman–Crippen MR) is 68.2 cm³/mol. The molecule has 0 aromatic heterocycles. The lowest BCUT2D eigenvalue weighted by atomic mass is 10.0. The summed E-state index contributed by atoms with van der Waals surface area (Å²) in [5.74, 6) is 0. The molecule has 1 rings (SSSR count). The lowest BCUT2D eigenvalue weighted by Crippen LogP contribution is -1.96. The van der Waals surface area contributed by atoms with Crippen molar-refractivity contribution in [3.05, 3.63) is 28.8 Å². The van der Waals surface area contributed by atoms with Gasteiger partial charge in [-0.3, -0.25) is 0 Å². The van der Waals surface area contributed by atoms with Crippen molar-refractivity contribution >= 4 is 5.69 Å². The molecular formula is C14H23N. The Morgan fingerprint density at radius 2 is 1.60 bits per heavy atom. The van der Waals surface area contributed by atoms with Crippen LogP contribution in [-0.4, -0.2) is 0 Å². The van der Waals surface area contributed by atoms with Gasteiger partial charge in [0, 0.05) is 5.69 Å². The molecule has 0 aliphatic carbocycles. The van der Waals surface area contributed by atoms with E-state index >= 15 is 0 Å². The third kappa shape index (κ3) is 3.58. The van der Waals surface area contributed by atoms with Crippen molar-refractivity contribution in [2.24, 2.45) is 0 Å². The summed E-state index contributed by atoms with van der Waals surface area (Å²) in [7, 11) is 0. The normalized spacial score (nSPS) is 10.6. The van der Waals surface area contributed by atoms with Crippen LogP contribution in [0, 0.1) is 13.8 Å². The fraction of sp³-hybridized carbons (Fsp3) is 0.571. The smallest absolute Gasteiger partial charge is 0.0373 e. The summed E-state index contributed by atoms with van der Waals surface area (Å²) >= 11 is 0. The Bertz CT molecular complexity index is 292. The Labute approximate surface area is 93.7 Å². The van der Waals surface area contributed by atoms with E-state index in [9.17, 15) is 0 Å². The van der Waals surface area contributed by atoms with E-state index < -0.39 is 0 Å². The molecular weight excluding hydrogens is 182 g/mol. The summed E-state index contributed by atoms with van der Waals surface area (Å²) < 4.78 is 0. The second-order valence-electron chi connectivity index (χ2n) is 4.45. The molecule has 1 heteroatoms. The van der Waals surface area contributed by atoms with E-state index in [4.69, 9.17) is 5.73 Å². The van der Waals surface area contributed by atoms with Gasteiger partial charge in [-0.05, 0) is 43.4 Å². The second-order valence-corrected chi connectivity index (χ2v) is 4.45. The Morgan fingerprint density at radius 3 is 2.13 bits per heavy atom. The molecule has 1 aromatic rings. The fourth-order valence-corrected chi connectivity index (χ4v) is 1.96. The summed E-state index contributed by atoms with van der Waals surface area (Å²) in [6.45, 7) is 6.44. The Morgan fingerprint density at radius 1 is 1.00 bits per heavy atom. The van der Waals surface area contributed by atoms with Crippen LogP contribution >= 0.6 is 0 Å². The van der Waals surface area contributed by atoms with Gasteiger partial charge in [0.05, 0.1) is 0 Å². The summed E-state index contributed by atoms with van der Waals surface area (Å²) in [5, 5.41) is 0. The number of nitrogens with two attached hydrogens (primary N) is 1. The van der Waals surface area contributed by atoms with Gasteiger partial charge in [-0.1, -0.05) is 38.3 Å². The molecule has 1 aromatic carbocycles. The van der Waals surface area contributed by atoms with Crippen molar-refractivity contribution < 1.29 is 0 Å². The minimum Gasteiger partial charge on any atom is -0.398 e. The SMILES string of the molecule is CCCCCCc1cc(C)c(N)c(C)c1. The number of nitrogen functional groups attached to an aromatic ring is 1. The maximum atomic E-state index is 5.93. The zero-order valence-electron chi connectivity index (χ0n) is 10.3. The zero-order chi connectivity index (χ0) is 11.3. The van der Waals surface area contributed by atoms with Crippen LogP contribution in [0.2, 0.25) is 0 Å². The number of anilines is 1. The molecule has 0 heterocycles. The molecule has 0 saturated carbocycles. The van der Waals surface area contributed by atoms with Crippen LogP contribution < -0.4 is 5.73 Å². The van der Waals surface area contributed by atoms with Crippen LogP contribution in [0.1, 0.15) is 49.3 Å². The lowest BCUT2D eigenvalue weighted by Gasteiger charge is -2.08. The van der Waals surface area contributed by atoms with E-state index in [0.717, 1.165) is 5.69 Å². The van der Waals surface area contributed by atoms with Crippen molar-refractivity contribution in [1.82, 2.24) is 0 Å². The second kappa shape index (κ2) is 5.79. The standard InChI is InChI=1S/C14H23N/c1-4-5-6-7-8-13-9-11(2)14(15)12(3)10-13/h9-10H,4-8,15H2,1-3H3. The number of unbranched alkanes of at least 4 members (excludes halogenated alkanes) is 3. The molecule has 0 aliphatic heterocycles. The van der Waals surface area contributed by atoms with E-state index in [1.807, 2.05) is 0 Å². The van der Waals surface area contributed by atoms with Crippen LogP contribution in [0.25, 0.3) is 0 Å². The van der Waals surface area contributed by atoms with Crippen LogP contribution in [0.3, 0.4) is 0 Å². The number of benzene rings is 1. The van der Waals surface area contributed by atoms with Crippen LogP contribution in [0.4, 0.5) is 5.69 Å². The number of aryl methyl sites for hydroxylation is 3. The van der Waals surface area contributed by atoms with Gasteiger partial charge in [-0.25, -0.2) is 0 Å². The average molecular weight is 205 g/mol. The van der Waals surface area contributed by atoms with Crippen LogP contribution in [0.15, 0.2) is 12.1 Å². The van der Waals surface area contributed by atoms with Crippen LogP contribution in [0.5, 0.6) is 0 Å². The van der Waals surface area contributed by atoms with Crippen molar-refractivity contribution in [2.45, 2.75) is 52.9 Å². The first-order chi connectivity index (χ1) is 7.15. The molecule has 0 bridgehead atoms. The molecule has 1 nitrogen and oxygen atoms in total. The predicted octanol–water partition coefficient (Wildman–Crippen LogP) is 4.01. The molecule has 0 spiro atoms. The summed E-state index contributed by atoms with van der Waals surface area (Å²) in [6.07, 6.45) is 6.50. The molecule has 0 radical (unpaired) electrons. The lowest BCUT2D eigenvalue weighted by molar-refractivity contribution is 0.666. The summed E-state index contributed by atoms with van der Waals surface area (Å²) in [5.41, 5.74) is 10.8. The number of rotatable bonds is 5. The Kier molecular flexibility index (Phi) is 4.67. The van der Waals surface area contributed by atoms with Gasteiger partial charge in [0.15, 0.2) is 0 Å². The van der Waals surface area contributed by atoms with Gasteiger partial charge in [0.2, 0.25) is 0 Å². The average Bonchev–Trinajstić information content (AvgIpc) is 2.21. The quantitative estimate of drug-likeness (QED) is 0.570. The molecule has 0 amide bonds. The van der Waals surface area contributed by atoms with Gasteiger partial charge < -0.3 is 5.73 Å². The highest BCUT2D eigenvalue weighted by molar-refractivity contribution is 5.54. The largest absolute Gasteiger partial charge is 0.398 e. The molecule has 84 valence electrons. The first-order valence-corrected chi connectivity index (χ1v) is 6.00. The topological polar surface area (TPSA) is 26.0 Å². The van der Waals surface area contributed by atoms with E-state index in [2.05, 4.69) is 32.9 Å². The van der Waals surface area contributed by atoms with E-state index in [1.54, 1.807) is 0 Å². The monoisotopic (exact) mass is 205 g/mol. The van der Waals surface area contributed by atoms with E-state index in [-0.39, 0.29) is 0 Å². The van der Waals surface area contributed by atoms with Gasteiger partial charge in [0.25, 0.3) is 0 Å². The summed E-state index contributed by atoms with van der Waals surface area (Å²) in [4.78, 5) is 0. The van der Waals surface area contributed by atoms with Gasteiger partial charge in [-0.15, -0.1) is 0 Å². The highest BCUT2D eigenvalue weighted by atomic mass is 14.6. The number of hydrogen-bond donors (Lipinski definition) is 1. The maximum absolute atomic E-state index is 5.93. The maximum Gasteiger partial charge on any atom is 0.0373 e.